The van der Waals surface area contributed by atoms with E-state index in [0.29, 0.717) is 19.5 Å². The van der Waals surface area contributed by atoms with E-state index in [1.807, 2.05) is 18.2 Å². The highest BCUT2D eigenvalue weighted by molar-refractivity contribution is 5.93. The summed E-state index contributed by atoms with van der Waals surface area (Å²) in [4.78, 5) is 26.8. The van der Waals surface area contributed by atoms with Gasteiger partial charge in [-0.2, -0.15) is 0 Å². The first-order valence-electron chi connectivity index (χ1n) is 6.54. The molecule has 1 amide bonds. The minimum absolute atomic E-state index is 0.111. The van der Waals surface area contributed by atoms with Gasteiger partial charge in [0.15, 0.2) is 0 Å². The predicted octanol–water partition coefficient (Wildman–Crippen LogP) is 1.70. The molecule has 3 rings (SSSR count). The van der Waals surface area contributed by atoms with Crippen molar-refractivity contribution in [3.63, 3.8) is 0 Å². The van der Waals surface area contributed by atoms with E-state index in [9.17, 15) is 14.9 Å². The van der Waals surface area contributed by atoms with Gasteiger partial charge >= 0.3 is 0 Å². The Labute approximate surface area is 120 Å². The Bertz CT molecular complexity index is 723. The number of fused-ring (bicyclic) bond motifs is 1. The standard InChI is InChI=1S/C14H14N4O3/c15-12-3-1-2-9-8-17(5-4-11(9)12)14(19)13-6-10(7-16-13)18(20)21/h1-3,6-7,16H,4-5,8,15H2. The Kier molecular flexibility index (Phi) is 3.09. The third-order valence-corrected chi connectivity index (χ3v) is 3.70. The molecule has 7 heteroatoms. The average Bonchev–Trinajstić information content (AvgIpc) is 2.96. The van der Waals surface area contributed by atoms with Crippen molar-refractivity contribution in [2.24, 2.45) is 0 Å². The lowest BCUT2D eigenvalue weighted by Crippen LogP contribution is -2.36. The van der Waals surface area contributed by atoms with Gasteiger partial charge in [-0.1, -0.05) is 12.1 Å². The normalized spacial score (nSPS) is 13.8. The molecule has 0 saturated heterocycles. The van der Waals surface area contributed by atoms with Crippen LogP contribution in [0.4, 0.5) is 11.4 Å². The van der Waals surface area contributed by atoms with E-state index in [0.717, 1.165) is 16.8 Å². The van der Waals surface area contributed by atoms with E-state index >= 15 is 0 Å². The average molecular weight is 286 g/mol. The zero-order valence-electron chi connectivity index (χ0n) is 11.2. The van der Waals surface area contributed by atoms with Crippen LogP contribution in [0.2, 0.25) is 0 Å². The van der Waals surface area contributed by atoms with Crippen molar-refractivity contribution in [3.05, 3.63) is 57.4 Å². The van der Waals surface area contributed by atoms with E-state index in [-0.39, 0.29) is 17.3 Å². The maximum atomic E-state index is 12.4. The lowest BCUT2D eigenvalue weighted by Gasteiger charge is -2.29. The maximum absolute atomic E-state index is 12.4. The number of amides is 1. The largest absolute Gasteiger partial charge is 0.398 e. The first kappa shape index (κ1) is 13.2. The predicted molar refractivity (Wildman–Crippen MR) is 76.7 cm³/mol. The molecular formula is C14H14N4O3. The number of benzene rings is 1. The molecule has 1 aromatic heterocycles. The number of hydrogen-bond donors (Lipinski definition) is 2. The second-order valence-electron chi connectivity index (χ2n) is 4.99. The Morgan fingerprint density at radius 2 is 2.24 bits per heavy atom. The van der Waals surface area contributed by atoms with Crippen molar-refractivity contribution in [1.29, 1.82) is 0 Å². The molecule has 0 bridgehead atoms. The second-order valence-corrected chi connectivity index (χ2v) is 4.99. The Morgan fingerprint density at radius 1 is 1.43 bits per heavy atom. The van der Waals surface area contributed by atoms with Gasteiger partial charge in [-0.25, -0.2) is 0 Å². The summed E-state index contributed by atoms with van der Waals surface area (Å²) in [7, 11) is 0. The maximum Gasteiger partial charge on any atom is 0.287 e. The number of carbonyl (C=O) groups excluding carboxylic acids is 1. The fourth-order valence-electron chi connectivity index (χ4n) is 2.59. The smallest absolute Gasteiger partial charge is 0.287 e. The molecule has 0 fully saturated rings. The van der Waals surface area contributed by atoms with E-state index in [4.69, 9.17) is 5.73 Å². The highest BCUT2D eigenvalue weighted by Gasteiger charge is 2.24. The molecule has 1 aliphatic heterocycles. The molecule has 0 spiro atoms. The topological polar surface area (TPSA) is 105 Å². The number of hydrogen-bond acceptors (Lipinski definition) is 4. The third-order valence-electron chi connectivity index (χ3n) is 3.70. The minimum Gasteiger partial charge on any atom is -0.398 e. The molecule has 3 N–H and O–H groups in total. The summed E-state index contributed by atoms with van der Waals surface area (Å²) in [6.45, 7) is 1.01. The Balaban J connectivity index is 1.82. The molecule has 0 saturated carbocycles. The van der Waals surface area contributed by atoms with Gasteiger partial charge in [0, 0.05) is 24.8 Å². The van der Waals surface area contributed by atoms with Gasteiger partial charge in [-0.05, 0) is 23.6 Å². The molecule has 0 aliphatic carbocycles. The summed E-state index contributed by atoms with van der Waals surface area (Å²) in [6, 6.07) is 6.92. The molecule has 1 aromatic carbocycles. The number of nitrogen functional groups attached to an aromatic ring is 1. The quantitative estimate of drug-likeness (QED) is 0.498. The van der Waals surface area contributed by atoms with Crippen molar-refractivity contribution in [2.75, 3.05) is 12.3 Å². The van der Waals surface area contributed by atoms with Crippen LogP contribution in [0.1, 0.15) is 21.6 Å². The van der Waals surface area contributed by atoms with Crippen LogP contribution in [0.15, 0.2) is 30.5 Å². The summed E-state index contributed by atoms with van der Waals surface area (Å²) in [5, 5.41) is 10.7. The first-order chi connectivity index (χ1) is 10.1. The Morgan fingerprint density at radius 3 is 2.95 bits per heavy atom. The molecular weight excluding hydrogens is 272 g/mol. The molecule has 21 heavy (non-hydrogen) atoms. The fraction of sp³-hybridized carbons (Fsp3) is 0.214. The number of nitrogens with one attached hydrogen (secondary N) is 1. The van der Waals surface area contributed by atoms with Gasteiger partial charge in [-0.3, -0.25) is 14.9 Å². The van der Waals surface area contributed by atoms with Gasteiger partial charge in [0.05, 0.1) is 11.1 Å². The number of anilines is 1. The molecule has 108 valence electrons. The van der Waals surface area contributed by atoms with Crippen LogP contribution in [0, 0.1) is 10.1 Å². The molecule has 0 atom stereocenters. The van der Waals surface area contributed by atoms with Crippen molar-refractivity contribution in [2.45, 2.75) is 13.0 Å². The van der Waals surface area contributed by atoms with Crippen LogP contribution in [0.3, 0.4) is 0 Å². The minimum atomic E-state index is -0.528. The number of nitro groups is 1. The molecule has 0 unspecified atom stereocenters. The number of rotatable bonds is 2. The van der Waals surface area contributed by atoms with Crippen LogP contribution in [-0.2, 0) is 13.0 Å². The molecule has 7 nitrogen and oxygen atoms in total. The van der Waals surface area contributed by atoms with Crippen LogP contribution >= 0.6 is 0 Å². The summed E-state index contributed by atoms with van der Waals surface area (Å²) >= 11 is 0. The number of nitrogens with zero attached hydrogens (tertiary/aromatic N) is 2. The number of aromatic nitrogens is 1. The molecule has 1 aliphatic rings. The lowest BCUT2D eigenvalue weighted by molar-refractivity contribution is -0.384. The van der Waals surface area contributed by atoms with Gasteiger partial charge in [-0.15, -0.1) is 0 Å². The van der Waals surface area contributed by atoms with Crippen molar-refractivity contribution in [1.82, 2.24) is 9.88 Å². The van der Waals surface area contributed by atoms with Crippen LogP contribution in [0.5, 0.6) is 0 Å². The second kappa shape index (κ2) is 4.93. The Hall–Kier alpha value is -2.83. The first-order valence-corrected chi connectivity index (χ1v) is 6.54. The van der Waals surface area contributed by atoms with Gasteiger partial charge in [0.1, 0.15) is 5.69 Å². The number of H-pyrrole nitrogens is 1. The van der Waals surface area contributed by atoms with Gasteiger partial charge in [0.25, 0.3) is 11.6 Å². The van der Waals surface area contributed by atoms with Crippen molar-refractivity contribution < 1.29 is 9.72 Å². The fourth-order valence-corrected chi connectivity index (χ4v) is 2.59. The van der Waals surface area contributed by atoms with E-state index in [1.165, 1.54) is 12.3 Å². The lowest BCUT2D eigenvalue weighted by atomic mass is 9.98. The summed E-state index contributed by atoms with van der Waals surface area (Å²) < 4.78 is 0. The van der Waals surface area contributed by atoms with Crippen molar-refractivity contribution >= 4 is 17.3 Å². The van der Waals surface area contributed by atoms with Crippen LogP contribution < -0.4 is 5.73 Å². The van der Waals surface area contributed by atoms with Gasteiger partial charge in [0.2, 0.25) is 0 Å². The zero-order chi connectivity index (χ0) is 15.0. The highest BCUT2D eigenvalue weighted by Crippen LogP contribution is 2.25. The summed E-state index contributed by atoms with van der Waals surface area (Å²) in [5.41, 5.74) is 8.90. The van der Waals surface area contributed by atoms with E-state index in [1.54, 1.807) is 4.90 Å². The van der Waals surface area contributed by atoms with Crippen LogP contribution in [-0.4, -0.2) is 27.3 Å². The van der Waals surface area contributed by atoms with E-state index < -0.39 is 4.92 Å². The van der Waals surface area contributed by atoms with Crippen molar-refractivity contribution in [3.8, 4) is 0 Å². The van der Waals surface area contributed by atoms with Crippen LogP contribution in [0.25, 0.3) is 0 Å². The zero-order valence-corrected chi connectivity index (χ0v) is 11.2. The molecule has 2 heterocycles. The number of aromatic amines is 1. The SMILES string of the molecule is Nc1cccc2c1CCN(C(=O)c1cc([N+](=O)[O-])c[nH]1)C2. The highest BCUT2D eigenvalue weighted by atomic mass is 16.6. The summed E-state index contributed by atoms with van der Waals surface area (Å²) in [6.07, 6.45) is 1.92. The number of nitrogens with two attached hydrogens (primary N) is 1. The molecule has 0 radical (unpaired) electrons. The van der Waals surface area contributed by atoms with E-state index in [2.05, 4.69) is 4.98 Å². The molecule has 2 aromatic rings. The summed E-state index contributed by atoms with van der Waals surface area (Å²) in [5.74, 6) is -0.240. The number of carbonyl (C=O) groups is 1. The third kappa shape index (κ3) is 2.33. The monoisotopic (exact) mass is 286 g/mol. The van der Waals surface area contributed by atoms with Gasteiger partial charge < -0.3 is 15.6 Å².